The monoisotopic (exact) mass is 202 g/mol. The Hall–Kier alpha value is -0.220. The zero-order chi connectivity index (χ0) is 9.68. The SMILES string of the molecule is CC(C)NC(=O)CNC1CCSC1. The summed E-state index contributed by atoms with van der Waals surface area (Å²) in [5.74, 6) is 2.48. The third kappa shape index (κ3) is 4.52. The van der Waals surface area contributed by atoms with Crippen molar-refractivity contribution >= 4 is 17.7 Å². The van der Waals surface area contributed by atoms with Crippen LogP contribution in [0.25, 0.3) is 0 Å². The highest BCUT2D eigenvalue weighted by Gasteiger charge is 2.15. The summed E-state index contributed by atoms with van der Waals surface area (Å²) in [6.07, 6.45) is 1.19. The van der Waals surface area contributed by atoms with E-state index in [9.17, 15) is 4.79 Å². The maximum atomic E-state index is 11.2. The fourth-order valence-corrected chi connectivity index (χ4v) is 2.49. The highest BCUT2D eigenvalue weighted by Crippen LogP contribution is 2.16. The lowest BCUT2D eigenvalue weighted by molar-refractivity contribution is -0.120. The molecule has 13 heavy (non-hydrogen) atoms. The Morgan fingerprint density at radius 3 is 2.92 bits per heavy atom. The molecule has 4 heteroatoms. The van der Waals surface area contributed by atoms with Gasteiger partial charge in [0.05, 0.1) is 6.54 Å². The summed E-state index contributed by atoms with van der Waals surface area (Å²) < 4.78 is 0. The average molecular weight is 202 g/mol. The molecule has 2 N–H and O–H groups in total. The fourth-order valence-electron chi connectivity index (χ4n) is 1.31. The Labute approximate surface area is 84.0 Å². The van der Waals surface area contributed by atoms with Gasteiger partial charge in [-0.05, 0) is 26.0 Å². The van der Waals surface area contributed by atoms with E-state index in [1.807, 2.05) is 25.6 Å². The van der Waals surface area contributed by atoms with Crippen LogP contribution in [0.15, 0.2) is 0 Å². The third-order valence-corrected chi connectivity index (χ3v) is 3.09. The van der Waals surface area contributed by atoms with Crippen molar-refractivity contribution in [1.29, 1.82) is 0 Å². The van der Waals surface area contributed by atoms with Gasteiger partial charge < -0.3 is 10.6 Å². The van der Waals surface area contributed by atoms with Gasteiger partial charge in [0, 0.05) is 17.8 Å². The van der Waals surface area contributed by atoms with Crippen molar-refractivity contribution in [1.82, 2.24) is 10.6 Å². The van der Waals surface area contributed by atoms with E-state index in [1.165, 1.54) is 12.2 Å². The van der Waals surface area contributed by atoms with Crippen molar-refractivity contribution in [2.24, 2.45) is 0 Å². The number of amides is 1. The molecular formula is C9H18N2OS. The Morgan fingerprint density at radius 1 is 1.62 bits per heavy atom. The lowest BCUT2D eigenvalue weighted by atomic mass is 10.2. The molecule has 0 spiro atoms. The van der Waals surface area contributed by atoms with E-state index in [0.29, 0.717) is 12.6 Å². The van der Waals surface area contributed by atoms with Crippen molar-refractivity contribution < 1.29 is 4.79 Å². The van der Waals surface area contributed by atoms with E-state index < -0.39 is 0 Å². The molecule has 76 valence electrons. The van der Waals surface area contributed by atoms with Crippen LogP contribution in [0.1, 0.15) is 20.3 Å². The van der Waals surface area contributed by atoms with Gasteiger partial charge >= 0.3 is 0 Å². The second kappa shape index (κ2) is 5.50. The molecule has 0 aromatic heterocycles. The Kier molecular flexibility index (Phi) is 4.59. The number of hydrogen-bond donors (Lipinski definition) is 2. The van der Waals surface area contributed by atoms with Crippen molar-refractivity contribution in [3.63, 3.8) is 0 Å². The molecule has 0 aliphatic carbocycles. The van der Waals surface area contributed by atoms with Crippen LogP contribution in [0.3, 0.4) is 0 Å². The van der Waals surface area contributed by atoms with Crippen LogP contribution in [0.4, 0.5) is 0 Å². The number of carbonyl (C=O) groups excluding carboxylic acids is 1. The van der Waals surface area contributed by atoms with Gasteiger partial charge in [-0.15, -0.1) is 0 Å². The van der Waals surface area contributed by atoms with Crippen molar-refractivity contribution in [3.8, 4) is 0 Å². The molecular weight excluding hydrogens is 184 g/mol. The van der Waals surface area contributed by atoms with E-state index >= 15 is 0 Å². The molecule has 1 aliphatic heterocycles. The molecule has 0 aromatic rings. The summed E-state index contributed by atoms with van der Waals surface area (Å²) in [6, 6.07) is 0.787. The first kappa shape index (κ1) is 10.9. The number of carbonyl (C=O) groups is 1. The molecule has 1 rings (SSSR count). The van der Waals surface area contributed by atoms with Crippen LogP contribution in [0.5, 0.6) is 0 Å². The zero-order valence-corrected chi connectivity index (χ0v) is 9.12. The highest BCUT2D eigenvalue weighted by molar-refractivity contribution is 7.99. The first-order valence-corrected chi connectivity index (χ1v) is 5.94. The van der Waals surface area contributed by atoms with Gasteiger partial charge in [0.15, 0.2) is 0 Å². The molecule has 0 bridgehead atoms. The van der Waals surface area contributed by atoms with Gasteiger partial charge in [-0.1, -0.05) is 0 Å². The quantitative estimate of drug-likeness (QED) is 0.701. The van der Waals surface area contributed by atoms with E-state index in [0.717, 1.165) is 5.75 Å². The highest BCUT2D eigenvalue weighted by atomic mass is 32.2. The number of hydrogen-bond acceptors (Lipinski definition) is 3. The maximum absolute atomic E-state index is 11.2. The predicted molar refractivity (Wildman–Crippen MR) is 57.0 cm³/mol. The molecule has 1 heterocycles. The zero-order valence-electron chi connectivity index (χ0n) is 8.30. The van der Waals surface area contributed by atoms with Crippen LogP contribution < -0.4 is 10.6 Å². The number of thioether (sulfide) groups is 1. The largest absolute Gasteiger partial charge is 0.353 e. The minimum atomic E-state index is 0.104. The van der Waals surface area contributed by atoms with Crippen molar-refractivity contribution in [3.05, 3.63) is 0 Å². The first-order valence-electron chi connectivity index (χ1n) is 4.79. The van der Waals surface area contributed by atoms with Crippen LogP contribution in [0, 0.1) is 0 Å². The molecule has 3 nitrogen and oxygen atoms in total. The lowest BCUT2D eigenvalue weighted by Crippen LogP contribution is -2.41. The summed E-state index contributed by atoms with van der Waals surface area (Å²) in [4.78, 5) is 11.2. The van der Waals surface area contributed by atoms with Gasteiger partial charge in [-0.2, -0.15) is 11.8 Å². The van der Waals surface area contributed by atoms with Crippen LogP contribution in [0.2, 0.25) is 0 Å². The van der Waals surface area contributed by atoms with E-state index in [-0.39, 0.29) is 11.9 Å². The predicted octanol–water partition coefficient (Wildman–Crippen LogP) is 0.606. The van der Waals surface area contributed by atoms with Gasteiger partial charge in [-0.25, -0.2) is 0 Å². The minimum absolute atomic E-state index is 0.104. The number of nitrogens with one attached hydrogen (secondary N) is 2. The molecule has 1 saturated heterocycles. The molecule has 0 saturated carbocycles. The van der Waals surface area contributed by atoms with Crippen molar-refractivity contribution in [2.45, 2.75) is 32.4 Å². The molecule has 1 unspecified atom stereocenters. The second-order valence-electron chi connectivity index (χ2n) is 3.66. The van der Waals surface area contributed by atoms with Crippen LogP contribution in [-0.2, 0) is 4.79 Å². The van der Waals surface area contributed by atoms with Crippen LogP contribution in [-0.4, -0.2) is 36.0 Å². The normalized spacial score (nSPS) is 22.2. The summed E-state index contributed by atoms with van der Waals surface area (Å²) in [5.41, 5.74) is 0. The van der Waals surface area contributed by atoms with Gasteiger partial charge in [0.1, 0.15) is 0 Å². The summed E-state index contributed by atoms with van der Waals surface area (Å²) >= 11 is 1.95. The summed E-state index contributed by atoms with van der Waals surface area (Å²) in [5, 5.41) is 6.11. The summed E-state index contributed by atoms with van der Waals surface area (Å²) in [7, 11) is 0. The Bertz CT molecular complexity index is 167. The molecule has 1 fully saturated rings. The maximum Gasteiger partial charge on any atom is 0.234 e. The third-order valence-electron chi connectivity index (χ3n) is 1.93. The van der Waals surface area contributed by atoms with Gasteiger partial charge in [0.2, 0.25) is 5.91 Å². The lowest BCUT2D eigenvalue weighted by Gasteiger charge is -2.12. The minimum Gasteiger partial charge on any atom is -0.353 e. The van der Waals surface area contributed by atoms with Crippen LogP contribution >= 0.6 is 11.8 Å². The topological polar surface area (TPSA) is 41.1 Å². The average Bonchev–Trinajstić information content (AvgIpc) is 2.51. The molecule has 1 amide bonds. The fraction of sp³-hybridized carbons (Fsp3) is 0.889. The number of rotatable bonds is 4. The summed E-state index contributed by atoms with van der Waals surface area (Å²) in [6.45, 7) is 4.41. The van der Waals surface area contributed by atoms with Gasteiger partial charge in [0.25, 0.3) is 0 Å². The van der Waals surface area contributed by atoms with E-state index in [4.69, 9.17) is 0 Å². The molecule has 0 radical (unpaired) electrons. The molecule has 0 aromatic carbocycles. The van der Waals surface area contributed by atoms with Crippen molar-refractivity contribution in [2.75, 3.05) is 18.1 Å². The first-order chi connectivity index (χ1) is 6.18. The second-order valence-corrected chi connectivity index (χ2v) is 4.81. The molecule has 1 aliphatic rings. The van der Waals surface area contributed by atoms with E-state index in [1.54, 1.807) is 0 Å². The Balaban J connectivity index is 2.07. The Morgan fingerprint density at radius 2 is 2.38 bits per heavy atom. The van der Waals surface area contributed by atoms with E-state index in [2.05, 4.69) is 10.6 Å². The molecule has 1 atom stereocenters. The van der Waals surface area contributed by atoms with Gasteiger partial charge in [-0.3, -0.25) is 4.79 Å². The smallest absolute Gasteiger partial charge is 0.234 e. The standard InChI is InChI=1S/C9H18N2OS/c1-7(2)11-9(12)5-10-8-3-4-13-6-8/h7-8,10H,3-6H2,1-2H3,(H,11,12).